The molecule has 1 aromatic heterocycles. The Balaban J connectivity index is 1.57. The van der Waals surface area contributed by atoms with Gasteiger partial charge in [0, 0.05) is 23.0 Å². The van der Waals surface area contributed by atoms with Gasteiger partial charge in [-0.2, -0.15) is 5.10 Å². The van der Waals surface area contributed by atoms with Crippen molar-refractivity contribution in [2.45, 2.75) is 26.3 Å². The third-order valence-corrected chi connectivity index (χ3v) is 7.03. The lowest BCUT2D eigenvalue weighted by Crippen LogP contribution is -2.22. The lowest BCUT2D eigenvalue weighted by molar-refractivity contribution is 0.102. The molecular weight excluding hydrogens is 520 g/mol. The number of aryl methyl sites for hydroxylation is 1. The van der Waals surface area contributed by atoms with Gasteiger partial charge in [0.2, 0.25) is 0 Å². The molecule has 9 nitrogen and oxygen atoms in total. The fourth-order valence-electron chi connectivity index (χ4n) is 4.86. The van der Waals surface area contributed by atoms with Crippen LogP contribution in [-0.2, 0) is 6.42 Å². The fraction of sp³-hybridized carbons (Fsp3) is 0.250. The van der Waals surface area contributed by atoms with E-state index in [1.54, 1.807) is 38.3 Å². The smallest absolute Gasteiger partial charge is 0.261 e. The largest absolute Gasteiger partial charge is 0.496 e. The van der Waals surface area contributed by atoms with Crippen molar-refractivity contribution in [3.8, 4) is 23.0 Å². The molecule has 212 valence electrons. The third-order valence-electron chi connectivity index (χ3n) is 7.03. The van der Waals surface area contributed by atoms with Gasteiger partial charge in [0.15, 0.2) is 11.5 Å². The number of nitrogens with zero attached hydrogens (tertiary/aromatic N) is 2. The first-order valence-corrected chi connectivity index (χ1v) is 13.5. The number of aromatic nitrogens is 2. The topological polar surface area (TPSA) is 95.9 Å². The number of allylic oxidation sites excluding steroid dienone is 1. The Labute approximate surface area is 239 Å². The molecule has 1 aliphatic heterocycles. The van der Waals surface area contributed by atoms with Crippen LogP contribution in [0.2, 0.25) is 0 Å². The van der Waals surface area contributed by atoms with Gasteiger partial charge in [-0.1, -0.05) is 31.2 Å². The summed E-state index contributed by atoms with van der Waals surface area (Å²) >= 11 is 0. The number of hydrogen-bond donors (Lipinski definition) is 2. The SMILES string of the molecule is CCOc1ccc(NC(=O)c2cnn3c2NC(c2ccc(CC)cc2)=C[C@@H]3c2cc(OC)c(OC)cc2OC)cc1. The number of hydrogen-bond acceptors (Lipinski definition) is 7. The minimum absolute atomic E-state index is 0.288. The van der Waals surface area contributed by atoms with Gasteiger partial charge >= 0.3 is 0 Å². The summed E-state index contributed by atoms with van der Waals surface area (Å²) in [5, 5.41) is 11.1. The van der Waals surface area contributed by atoms with Crippen LogP contribution in [0.15, 0.2) is 72.9 Å². The molecule has 1 aliphatic rings. The number of methoxy groups -OCH3 is 3. The number of carbonyl (C=O) groups excluding carboxylic acids is 1. The van der Waals surface area contributed by atoms with Crippen LogP contribution >= 0.6 is 0 Å². The maximum atomic E-state index is 13.5. The van der Waals surface area contributed by atoms with Gasteiger partial charge in [0.25, 0.3) is 5.91 Å². The molecule has 0 saturated heterocycles. The molecule has 2 heterocycles. The van der Waals surface area contributed by atoms with Crippen molar-refractivity contribution < 1.29 is 23.7 Å². The van der Waals surface area contributed by atoms with Gasteiger partial charge in [-0.05, 0) is 60.9 Å². The molecule has 0 radical (unpaired) electrons. The fourth-order valence-corrected chi connectivity index (χ4v) is 4.86. The van der Waals surface area contributed by atoms with E-state index in [1.165, 1.54) is 5.56 Å². The first kappa shape index (κ1) is 27.6. The van der Waals surface area contributed by atoms with E-state index in [9.17, 15) is 4.79 Å². The molecule has 41 heavy (non-hydrogen) atoms. The van der Waals surface area contributed by atoms with E-state index in [0.717, 1.165) is 29.0 Å². The van der Waals surface area contributed by atoms with E-state index in [0.29, 0.717) is 40.9 Å². The molecule has 5 rings (SSSR count). The van der Waals surface area contributed by atoms with Crippen molar-refractivity contribution in [1.82, 2.24) is 9.78 Å². The average molecular weight is 555 g/mol. The van der Waals surface area contributed by atoms with Crippen LogP contribution in [0.1, 0.15) is 46.9 Å². The van der Waals surface area contributed by atoms with Crippen molar-refractivity contribution in [2.24, 2.45) is 0 Å². The molecule has 3 aromatic carbocycles. The van der Waals surface area contributed by atoms with Crippen LogP contribution < -0.4 is 29.6 Å². The molecule has 1 atom stereocenters. The van der Waals surface area contributed by atoms with Gasteiger partial charge in [0.05, 0.1) is 34.1 Å². The second-order valence-corrected chi connectivity index (χ2v) is 9.41. The lowest BCUT2D eigenvalue weighted by Gasteiger charge is -2.28. The summed E-state index contributed by atoms with van der Waals surface area (Å²) in [5.74, 6) is 2.73. The Bertz CT molecular complexity index is 1560. The van der Waals surface area contributed by atoms with Gasteiger partial charge in [-0.15, -0.1) is 0 Å². The maximum absolute atomic E-state index is 13.5. The minimum Gasteiger partial charge on any atom is -0.496 e. The van der Waals surface area contributed by atoms with E-state index >= 15 is 0 Å². The van der Waals surface area contributed by atoms with E-state index in [4.69, 9.17) is 18.9 Å². The van der Waals surface area contributed by atoms with Crippen molar-refractivity contribution in [3.63, 3.8) is 0 Å². The zero-order valence-electron chi connectivity index (χ0n) is 23.9. The standard InChI is InChI=1S/C32H34N4O5/c1-6-20-8-10-21(11-9-20)26-17-27(24-16-29(39-4)30(40-5)18-28(24)38-3)36-31(35-26)25(19-33-36)32(37)34-22-12-14-23(15-13-22)41-7-2/h8-19,27,35H,6-7H2,1-5H3,(H,34,37)/t27-/m1/s1. The number of ether oxygens (including phenoxy) is 4. The predicted octanol–water partition coefficient (Wildman–Crippen LogP) is 6.18. The minimum atomic E-state index is -0.408. The van der Waals surface area contributed by atoms with Crippen LogP contribution in [0, 0.1) is 0 Å². The highest BCUT2D eigenvalue weighted by molar-refractivity contribution is 6.08. The molecule has 1 amide bonds. The summed E-state index contributed by atoms with van der Waals surface area (Å²) < 4.78 is 24.2. The van der Waals surface area contributed by atoms with Crippen LogP contribution in [0.3, 0.4) is 0 Å². The number of nitrogens with one attached hydrogen (secondary N) is 2. The van der Waals surface area contributed by atoms with E-state index < -0.39 is 6.04 Å². The van der Waals surface area contributed by atoms with E-state index in [-0.39, 0.29) is 5.91 Å². The number of amides is 1. The Morgan fingerprint density at radius 2 is 1.61 bits per heavy atom. The predicted molar refractivity (Wildman–Crippen MR) is 159 cm³/mol. The summed E-state index contributed by atoms with van der Waals surface area (Å²) in [6.45, 7) is 4.63. The lowest BCUT2D eigenvalue weighted by atomic mass is 9.98. The van der Waals surface area contributed by atoms with E-state index in [1.807, 2.05) is 37.3 Å². The van der Waals surface area contributed by atoms with Crippen LogP contribution in [0.5, 0.6) is 23.0 Å². The summed E-state index contributed by atoms with van der Waals surface area (Å²) in [7, 11) is 4.79. The molecule has 4 aromatic rings. The molecule has 0 unspecified atom stereocenters. The molecule has 9 heteroatoms. The first-order chi connectivity index (χ1) is 20.0. The second kappa shape index (κ2) is 12.1. The highest BCUT2D eigenvalue weighted by Gasteiger charge is 2.30. The monoisotopic (exact) mass is 554 g/mol. The van der Waals surface area contributed by atoms with Gasteiger partial charge in [-0.25, -0.2) is 4.68 Å². The molecule has 0 fully saturated rings. The molecule has 2 N–H and O–H groups in total. The number of rotatable bonds is 10. The number of carbonyl (C=O) groups is 1. The van der Waals surface area contributed by atoms with Gasteiger partial charge in [0.1, 0.15) is 28.9 Å². The number of anilines is 2. The van der Waals surface area contributed by atoms with Gasteiger partial charge < -0.3 is 29.6 Å². The number of fused-ring (bicyclic) bond motifs is 1. The Kier molecular flexibility index (Phi) is 8.14. The Morgan fingerprint density at radius 1 is 0.927 bits per heavy atom. The molecule has 0 spiro atoms. The molecule has 0 aliphatic carbocycles. The quantitative estimate of drug-likeness (QED) is 0.242. The van der Waals surface area contributed by atoms with Gasteiger partial charge in [-0.3, -0.25) is 4.79 Å². The molecule has 0 bridgehead atoms. The first-order valence-electron chi connectivity index (χ1n) is 13.5. The average Bonchev–Trinajstić information content (AvgIpc) is 3.45. The van der Waals surface area contributed by atoms with Crippen LogP contribution in [0.4, 0.5) is 11.5 Å². The van der Waals surface area contributed by atoms with Crippen molar-refractivity contribution in [2.75, 3.05) is 38.6 Å². The normalized spacial score (nSPS) is 13.9. The van der Waals surface area contributed by atoms with Crippen LogP contribution in [0.25, 0.3) is 5.70 Å². The summed E-state index contributed by atoms with van der Waals surface area (Å²) in [5.41, 5.74) is 4.92. The van der Waals surface area contributed by atoms with Crippen LogP contribution in [-0.4, -0.2) is 43.6 Å². The molecule has 0 saturated carbocycles. The van der Waals surface area contributed by atoms with Crippen molar-refractivity contribution >= 4 is 23.1 Å². The molecular formula is C32H34N4O5. The van der Waals surface area contributed by atoms with E-state index in [2.05, 4.69) is 53.0 Å². The Hall–Kier alpha value is -4.92. The summed E-state index contributed by atoms with van der Waals surface area (Å²) in [6.07, 6.45) is 4.59. The second-order valence-electron chi connectivity index (χ2n) is 9.41. The summed E-state index contributed by atoms with van der Waals surface area (Å²) in [6, 6.07) is 18.9. The zero-order chi connectivity index (χ0) is 28.9. The zero-order valence-corrected chi connectivity index (χ0v) is 23.9. The third kappa shape index (κ3) is 5.56. The summed E-state index contributed by atoms with van der Waals surface area (Å²) in [4.78, 5) is 13.5. The van der Waals surface area contributed by atoms with Crippen molar-refractivity contribution in [1.29, 1.82) is 0 Å². The van der Waals surface area contributed by atoms with Crippen molar-refractivity contribution in [3.05, 3.63) is 95.2 Å². The highest BCUT2D eigenvalue weighted by atomic mass is 16.5. The maximum Gasteiger partial charge on any atom is 0.261 e. The Morgan fingerprint density at radius 3 is 2.24 bits per heavy atom. The number of benzene rings is 3. The highest BCUT2D eigenvalue weighted by Crippen LogP contribution is 2.43.